The van der Waals surface area contributed by atoms with Gasteiger partial charge in [-0.2, -0.15) is 0 Å². The third-order valence-electron chi connectivity index (χ3n) is 3.94. The molecular formula is C15H18FN3O2. The Morgan fingerprint density at radius 1 is 1.29 bits per heavy atom. The second-order valence-corrected chi connectivity index (χ2v) is 5.43. The van der Waals surface area contributed by atoms with E-state index >= 15 is 0 Å². The van der Waals surface area contributed by atoms with Crippen molar-refractivity contribution in [3.63, 3.8) is 0 Å². The maximum atomic E-state index is 13.3. The van der Waals surface area contributed by atoms with Gasteiger partial charge in [-0.1, -0.05) is 0 Å². The normalized spacial score (nSPS) is 15.9. The van der Waals surface area contributed by atoms with Crippen LogP contribution in [0.5, 0.6) is 0 Å². The molecule has 0 atom stereocenters. The molecule has 112 valence electrons. The molecule has 0 radical (unpaired) electrons. The Labute approximate surface area is 122 Å². The van der Waals surface area contributed by atoms with Crippen molar-refractivity contribution in [2.45, 2.75) is 25.8 Å². The summed E-state index contributed by atoms with van der Waals surface area (Å²) < 4.78 is 15.2. The van der Waals surface area contributed by atoms with E-state index in [1.54, 1.807) is 6.07 Å². The molecule has 2 aromatic rings. The molecule has 1 aromatic heterocycles. The van der Waals surface area contributed by atoms with Crippen LogP contribution in [0, 0.1) is 5.82 Å². The molecule has 0 spiro atoms. The van der Waals surface area contributed by atoms with Crippen molar-refractivity contribution in [2.24, 2.45) is 0 Å². The minimum absolute atomic E-state index is 0.143. The highest BCUT2D eigenvalue weighted by molar-refractivity contribution is 5.78. The Hall–Kier alpha value is -1.95. The SMILES string of the molecule is O=C(O)Cc1nc2cc(F)ccc2n1CCN1CCCC1. The van der Waals surface area contributed by atoms with E-state index in [-0.39, 0.29) is 12.2 Å². The first-order chi connectivity index (χ1) is 10.1. The molecule has 0 unspecified atom stereocenters. The molecule has 0 saturated carbocycles. The highest BCUT2D eigenvalue weighted by Gasteiger charge is 2.16. The van der Waals surface area contributed by atoms with Crippen LogP contribution in [0.3, 0.4) is 0 Å². The predicted octanol–water partition coefficient (Wildman–Crippen LogP) is 1.90. The van der Waals surface area contributed by atoms with Gasteiger partial charge in [0.2, 0.25) is 0 Å². The van der Waals surface area contributed by atoms with Crippen LogP contribution in [0.2, 0.25) is 0 Å². The first-order valence-electron chi connectivity index (χ1n) is 7.22. The number of aromatic nitrogens is 2. The minimum Gasteiger partial charge on any atom is -0.481 e. The first kappa shape index (κ1) is 14.0. The number of nitrogens with zero attached hydrogens (tertiary/aromatic N) is 3. The van der Waals surface area contributed by atoms with Crippen molar-refractivity contribution < 1.29 is 14.3 Å². The van der Waals surface area contributed by atoms with E-state index < -0.39 is 5.97 Å². The second kappa shape index (κ2) is 5.81. The number of rotatable bonds is 5. The number of carboxylic acids is 1. The van der Waals surface area contributed by atoms with E-state index in [4.69, 9.17) is 5.11 Å². The molecule has 1 fully saturated rings. The van der Waals surface area contributed by atoms with E-state index in [1.807, 2.05) is 4.57 Å². The van der Waals surface area contributed by atoms with Crippen molar-refractivity contribution in [1.29, 1.82) is 0 Å². The molecule has 2 heterocycles. The fraction of sp³-hybridized carbons (Fsp3) is 0.467. The molecule has 6 heteroatoms. The number of carboxylic acid groups (broad SMARTS) is 1. The van der Waals surface area contributed by atoms with E-state index in [0.29, 0.717) is 17.9 Å². The standard InChI is InChI=1S/C15H18FN3O2/c16-11-3-4-13-12(9-11)17-14(10-15(20)21)19(13)8-7-18-5-1-2-6-18/h3-4,9H,1-2,5-8,10H2,(H,20,21). The molecule has 0 aliphatic carbocycles. The minimum atomic E-state index is -0.923. The number of benzene rings is 1. The van der Waals surface area contributed by atoms with E-state index in [1.165, 1.54) is 25.0 Å². The van der Waals surface area contributed by atoms with Gasteiger partial charge < -0.3 is 14.6 Å². The van der Waals surface area contributed by atoms with Crippen molar-refractivity contribution in [1.82, 2.24) is 14.5 Å². The Morgan fingerprint density at radius 2 is 2.05 bits per heavy atom. The zero-order valence-corrected chi connectivity index (χ0v) is 11.8. The van der Waals surface area contributed by atoms with Crippen LogP contribution in [0.15, 0.2) is 18.2 Å². The van der Waals surface area contributed by atoms with E-state index in [9.17, 15) is 9.18 Å². The first-order valence-corrected chi connectivity index (χ1v) is 7.22. The monoisotopic (exact) mass is 291 g/mol. The molecular weight excluding hydrogens is 273 g/mol. The smallest absolute Gasteiger partial charge is 0.311 e. The zero-order chi connectivity index (χ0) is 14.8. The molecule has 1 aliphatic heterocycles. The number of carbonyl (C=O) groups is 1. The number of hydrogen-bond donors (Lipinski definition) is 1. The molecule has 5 nitrogen and oxygen atoms in total. The van der Waals surface area contributed by atoms with Crippen LogP contribution in [-0.2, 0) is 17.8 Å². The summed E-state index contributed by atoms with van der Waals surface area (Å²) in [5.74, 6) is -0.788. The van der Waals surface area contributed by atoms with Gasteiger partial charge in [0.05, 0.1) is 11.0 Å². The molecule has 1 aliphatic rings. The number of aliphatic carboxylic acids is 1. The van der Waals surface area contributed by atoms with Crippen molar-refractivity contribution >= 4 is 17.0 Å². The van der Waals surface area contributed by atoms with Crippen LogP contribution in [-0.4, -0.2) is 45.2 Å². The highest BCUT2D eigenvalue weighted by Crippen LogP contribution is 2.19. The lowest BCUT2D eigenvalue weighted by atomic mass is 10.3. The molecule has 3 rings (SSSR count). The van der Waals surface area contributed by atoms with Crippen LogP contribution >= 0.6 is 0 Å². The molecule has 1 saturated heterocycles. The van der Waals surface area contributed by atoms with E-state index in [2.05, 4.69) is 9.88 Å². The Bertz CT molecular complexity index is 662. The summed E-state index contributed by atoms with van der Waals surface area (Å²) in [6.45, 7) is 3.74. The van der Waals surface area contributed by atoms with Gasteiger partial charge in [0.25, 0.3) is 0 Å². The largest absolute Gasteiger partial charge is 0.481 e. The van der Waals surface area contributed by atoms with Crippen molar-refractivity contribution in [3.05, 3.63) is 29.8 Å². The topological polar surface area (TPSA) is 58.4 Å². The lowest BCUT2D eigenvalue weighted by molar-refractivity contribution is -0.136. The van der Waals surface area contributed by atoms with Gasteiger partial charge in [-0.05, 0) is 38.1 Å². The van der Waals surface area contributed by atoms with Crippen molar-refractivity contribution in [2.75, 3.05) is 19.6 Å². The number of halogens is 1. The van der Waals surface area contributed by atoms with Gasteiger partial charge in [0.1, 0.15) is 18.1 Å². The Balaban J connectivity index is 1.90. The van der Waals surface area contributed by atoms with Crippen LogP contribution < -0.4 is 0 Å². The third kappa shape index (κ3) is 3.05. The maximum absolute atomic E-state index is 13.3. The molecule has 0 amide bonds. The molecule has 1 N–H and O–H groups in total. The molecule has 0 bridgehead atoms. The Kier molecular flexibility index (Phi) is 3.88. The Morgan fingerprint density at radius 3 is 2.76 bits per heavy atom. The summed E-state index contributed by atoms with van der Waals surface area (Å²) in [5.41, 5.74) is 1.32. The number of imidazole rings is 1. The fourth-order valence-electron chi connectivity index (χ4n) is 2.92. The van der Waals surface area contributed by atoms with Gasteiger partial charge in [0, 0.05) is 19.2 Å². The summed E-state index contributed by atoms with van der Waals surface area (Å²) in [5, 5.41) is 9.01. The summed E-state index contributed by atoms with van der Waals surface area (Å²) in [4.78, 5) is 17.6. The maximum Gasteiger partial charge on any atom is 0.311 e. The quantitative estimate of drug-likeness (QED) is 0.914. The summed E-state index contributed by atoms with van der Waals surface area (Å²) in [7, 11) is 0. The summed E-state index contributed by atoms with van der Waals surface area (Å²) >= 11 is 0. The van der Waals surface area contributed by atoms with E-state index in [0.717, 1.165) is 25.2 Å². The predicted molar refractivity (Wildman–Crippen MR) is 76.7 cm³/mol. The van der Waals surface area contributed by atoms with Gasteiger partial charge in [-0.3, -0.25) is 4.79 Å². The molecule has 1 aromatic carbocycles. The molecule has 21 heavy (non-hydrogen) atoms. The number of fused-ring (bicyclic) bond motifs is 1. The fourth-order valence-corrected chi connectivity index (χ4v) is 2.92. The van der Waals surface area contributed by atoms with Gasteiger partial charge in [0.15, 0.2) is 0 Å². The highest BCUT2D eigenvalue weighted by atomic mass is 19.1. The number of likely N-dealkylation sites (tertiary alicyclic amines) is 1. The van der Waals surface area contributed by atoms with Crippen LogP contribution in [0.1, 0.15) is 18.7 Å². The third-order valence-corrected chi connectivity index (χ3v) is 3.94. The van der Waals surface area contributed by atoms with Gasteiger partial charge in [-0.25, -0.2) is 9.37 Å². The zero-order valence-electron chi connectivity index (χ0n) is 11.8. The lowest BCUT2D eigenvalue weighted by Gasteiger charge is -2.16. The average molecular weight is 291 g/mol. The second-order valence-electron chi connectivity index (χ2n) is 5.43. The lowest BCUT2D eigenvalue weighted by Crippen LogP contribution is -2.25. The summed E-state index contributed by atoms with van der Waals surface area (Å²) in [6, 6.07) is 4.42. The van der Waals surface area contributed by atoms with Crippen LogP contribution in [0.4, 0.5) is 4.39 Å². The van der Waals surface area contributed by atoms with Gasteiger partial charge in [-0.15, -0.1) is 0 Å². The van der Waals surface area contributed by atoms with Crippen molar-refractivity contribution in [3.8, 4) is 0 Å². The number of hydrogen-bond acceptors (Lipinski definition) is 3. The summed E-state index contributed by atoms with van der Waals surface area (Å²) in [6.07, 6.45) is 2.30. The van der Waals surface area contributed by atoms with Gasteiger partial charge >= 0.3 is 5.97 Å². The average Bonchev–Trinajstić information content (AvgIpc) is 3.02. The van der Waals surface area contributed by atoms with Crippen LogP contribution in [0.25, 0.3) is 11.0 Å².